The van der Waals surface area contributed by atoms with Crippen molar-refractivity contribution < 1.29 is 9.21 Å². The van der Waals surface area contributed by atoms with Crippen LogP contribution in [0.2, 0.25) is 0 Å². The van der Waals surface area contributed by atoms with Gasteiger partial charge in [0.2, 0.25) is 0 Å². The summed E-state index contributed by atoms with van der Waals surface area (Å²) in [5.41, 5.74) is 3.04. The molecule has 158 valence electrons. The van der Waals surface area contributed by atoms with Crippen molar-refractivity contribution in [3.63, 3.8) is 0 Å². The van der Waals surface area contributed by atoms with Gasteiger partial charge in [-0.15, -0.1) is 11.3 Å². The van der Waals surface area contributed by atoms with Gasteiger partial charge in [-0.1, -0.05) is 30.3 Å². The molecule has 5 rings (SSSR count). The van der Waals surface area contributed by atoms with E-state index in [-0.39, 0.29) is 5.91 Å². The average Bonchev–Trinajstić information content (AvgIpc) is 3.61. The van der Waals surface area contributed by atoms with Crippen LogP contribution in [0, 0.1) is 0 Å². The second kappa shape index (κ2) is 9.03. The molecule has 0 aliphatic rings. The van der Waals surface area contributed by atoms with Crippen LogP contribution in [-0.4, -0.2) is 25.6 Å². The first kappa shape index (κ1) is 20.0. The number of para-hydroxylation sites is 1. The zero-order valence-corrected chi connectivity index (χ0v) is 18.0. The molecule has 4 aromatic heterocycles. The molecule has 0 fully saturated rings. The van der Waals surface area contributed by atoms with E-state index in [1.165, 1.54) is 0 Å². The van der Waals surface area contributed by atoms with Crippen LogP contribution in [0.5, 0.6) is 0 Å². The van der Waals surface area contributed by atoms with Crippen molar-refractivity contribution in [3.05, 3.63) is 114 Å². The van der Waals surface area contributed by atoms with E-state index in [9.17, 15) is 4.79 Å². The molecule has 6 nitrogen and oxygen atoms in total. The molecule has 0 aliphatic heterocycles. The highest BCUT2D eigenvalue weighted by molar-refractivity contribution is 7.13. The van der Waals surface area contributed by atoms with Gasteiger partial charge < -0.3 is 9.32 Å². The summed E-state index contributed by atoms with van der Waals surface area (Å²) in [6.07, 6.45) is 5.11. The van der Waals surface area contributed by atoms with Crippen molar-refractivity contribution in [2.24, 2.45) is 0 Å². The number of aromatic nitrogens is 3. The summed E-state index contributed by atoms with van der Waals surface area (Å²) in [5.74, 6) is 0.580. The fourth-order valence-electron chi connectivity index (χ4n) is 3.51. The Kier molecular flexibility index (Phi) is 5.63. The number of rotatable bonds is 7. The maximum absolute atomic E-state index is 13.9. The number of furan rings is 1. The normalized spacial score (nSPS) is 10.9. The van der Waals surface area contributed by atoms with Crippen molar-refractivity contribution in [2.75, 3.05) is 0 Å². The summed E-state index contributed by atoms with van der Waals surface area (Å²) in [6.45, 7) is 0.747. The Morgan fingerprint density at radius 2 is 1.91 bits per heavy atom. The van der Waals surface area contributed by atoms with Crippen molar-refractivity contribution in [1.29, 1.82) is 0 Å². The molecule has 0 saturated carbocycles. The molecular weight excluding hydrogens is 420 g/mol. The molecule has 0 spiro atoms. The third-order valence-corrected chi connectivity index (χ3v) is 5.91. The van der Waals surface area contributed by atoms with Crippen LogP contribution in [-0.2, 0) is 13.1 Å². The lowest BCUT2D eigenvalue weighted by atomic mass is 10.2. The first-order chi connectivity index (χ1) is 15.8. The van der Waals surface area contributed by atoms with E-state index in [4.69, 9.17) is 9.52 Å². The van der Waals surface area contributed by atoms with E-state index in [0.29, 0.717) is 24.5 Å². The molecule has 7 heteroatoms. The van der Waals surface area contributed by atoms with E-state index in [1.54, 1.807) is 39.6 Å². The highest BCUT2D eigenvalue weighted by Gasteiger charge is 2.24. The van der Waals surface area contributed by atoms with Crippen molar-refractivity contribution in [2.45, 2.75) is 13.1 Å². The summed E-state index contributed by atoms with van der Waals surface area (Å²) >= 11 is 1.60. The predicted molar refractivity (Wildman–Crippen MR) is 123 cm³/mol. The number of thiophene rings is 1. The molecule has 0 atom stereocenters. The molecule has 0 radical (unpaired) electrons. The van der Waals surface area contributed by atoms with E-state index in [1.807, 2.05) is 78.2 Å². The van der Waals surface area contributed by atoms with Crippen LogP contribution in [0.1, 0.15) is 21.8 Å². The molecular formula is C25H20N4O2S. The topological polar surface area (TPSA) is 64.2 Å². The molecule has 4 heterocycles. The van der Waals surface area contributed by atoms with Gasteiger partial charge in [0, 0.05) is 18.9 Å². The minimum atomic E-state index is -0.135. The minimum absolute atomic E-state index is 0.135. The van der Waals surface area contributed by atoms with Gasteiger partial charge in [-0.05, 0) is 53.4 Å². The second-order valence-electron chi connectivity index (χ2n) is 7.24. The number of nitrogens with zero attached hydrogens (tertiary/aromatic N) is 4. The molecule has 0 aliphatic carbocycles. The zero-order valence-electron chi connectivity index (χ0n) is 17.2. The van der Waals surface area contributed by atoms with Crippen LogP contribution >= 0.6 is 11.3 Å². The summed E-state index contributed by atoms with van der Waals surface area (Å²) in [4.78, 5) is 20.8. The van der Waals surface area contributed by atoms with E-state index in [0.717, 1.165) is 21.8 Å². The van der Waals surface area contributed by atoms with Gasteiger partial charge in [-0.3, -0.25) is 9.78 Å². The van der Waals surface area contributed by atoms with Crippen molar-refractivity contribution in [3.8, 4) is 16.3 Å². The Morgan fingerprint density at radius 1 is 1.00 bits per heavy atom. The zero-order chi connectivity index (χ0) is 21.8. The molecule has 0 unspecified atom stereocenters. The van der Waals surface area contributed by atoms with Gasteiger partial charge >= 0.3 is 0 Å². The van der Waals surface area contributed by atoms with Gasteiger partial charge in [0.15, 0.2) is 0 Å². The number of carbonyl (C=O) groups is 1. The summed E-state index contributed by atoms with van der Waals surface area (Å²) in [5, 5.41) is 6.78. The molecule has 0 saturated heterocycles. The molecule has 1 aromatic carbocycles. The fraction of sp³-hybridized carbons (Fsp3) is 0.0800. The summed E-state index contributed by atoms with van der Waals surface area (Å²) < 4.78 is 7.25. The number of hydrogen-bond donors (Lipinski definition) is 0. The Hall–Kier alpha value is -3.97. The molecule has 32 heavy (non-hydrogen) atoms. The van der Waals surface area contributed by atoms with Gasteiger partial charge in [0.05, 0.1) is 23.4 Å². The number of benzene rings is 1. The lowest BCUT2D eigenvalue weighted by Gasteiger charge is -2.22. The SMILES string of the molecule is O=C(c1cc(-c2cccs2)nn1-c1ccccc1)N(Cc1cccnc1)Cc1ccco1. The highest BCUT2D eigenvalue weighted by Crippen LogP contribution is 2.27. The third kappa shape index (κ3) is 4.24. The molecule has 0 bridgehead atoms. The first-order valence-electron chi connectivity index (χ1n) is 10.2. The van der Waals surface area contributed by atoms with Gasteiger partial charge in [0.1, 0.15) is 17.1 Å². The third-order valence-electron chi connectivity index (χ3n) is 5.01. The lowest BCUT2D eigenvalue weighted by Crippen LogP contribution is -2.31. The van der Waals surface area contributed by atoms with Crippen molar-refractivity contribution >= 4 is 17.2 Å². The van der Waals surface area contributed by atoms with Gasteiger partial charge in [-0.25, -0.2) is 4.68 Å². The van der Waals surface area contributed by atoms with E-state index >= 15 is 0 Å². The smallest absolute Gasteiger partial charge is 0.273 e. The van der Waals surface area contributed by atoms with Crippen LogP contribution in [0.4, 0.5) is 0 Å². The molecule has 5 aromatic rings. The second-order valence-corrected chi connectivity index (χ2v) is 8.19. The quantitative estimate of drug-likeness (QED) is 0.338. The highest BCUT2D eigenvalue weighted by atomic mass is 32.1. The van der Waals surface area contributed by atoms with Gasteiger partial charge in [0.25, 0.3) is 5.91 Å². The Morgan fingerprint density at radius 3 is 2.62 bits per heavy atom. The predicted octanol–water partition coefficient (Wildman–Crippen LogP) is 5.43. The number of carbonyl (C=O) groups excluding carboxylic acids is 1. The van der Waals surface area contributed by atoms with Crippen LogP contribution in [0.25, 0.3) is 16.3 Å². The lowest BCUT2D eigenvalue weighted by molar-refractivity contribution is 0.0708. The maximum Gasteiger partial charge on any atom is 0.273 e. The number of amides is 1. The Balaban J connectivity index is 1.56. The van der Waals surface area contributed by atoms with Crippen LogP contribution < -0.4 is 0 Å². The Labute approximate surface area is 189 Å². The fourth-order valence-corrected chi connectivity index (χ4v) is 4.19. The monoisotopic (exact) mass is 440 g/mol. The first-order valence-corrected chi connectivity index (χ1v) is 11.1. The summed E-state index contributed by atoms with van der Waals surface area (Å²) in [6, 6.07) is 23.1. The maximum atomic E-state index is 13.9. The summed E-state index contributed by atoms with van der Waals surface area (Å²) in [7, 11) is 0. The minimum Gasteiger partial charge on any atom is -0.467 e. The van der Waals surface area contributed by atoms with E-state index in [2.05, 4.69) is 4.98 Å². The van der Waals surface area contributed by atoms with Crippen LogP contribution in [0.3, 0.4) is 0 Å². The van der Waals surface area contributed by atoms with E-state index < -0.39 is 0 Å². The average molecular weight is 441 g/mol. The van der Waals surface area contributed by atoms with Gasteiger partial charge in [-0.2, -0.15) is 5.10 Å². The van der Waals surface area contributed by atoms with Crippen LogP contribution in [0.15, 0.2) is 101 Å². The largest absolute Gasteiger partial charge is 0.467 e. The number of hydrogen-bond acceptors (Lipinski definition) is 5. The number of pyridine rings is 1. The molecule has 1 amide bonds. The van der Waals surface area contributed by atoms with Crippen molar-refractivity contribution in [1.82, 2.24) is 19.7 Å². The Bertz CT molecular complexity index is 1280. The standard InChI is InChI=1S/C25H20N4O2S/c30-25(28(18-21-10-5-13-31-21)17-19-7-4-12-26-16-19)23-15-22(24-11-6-14-32-24)27-29(23)20-8-2-1-3-9-20/h1-16H,17-18H2. The molecule has 0 N–H and O–H groups in total.